The quantitative estimate of drug-likeness (QED) is 0.467. The van der Waals surface area contributed by atoms with Gasteiger partial charge in [0.2, 0.25) is 0 Å². The molecule has 0 spiro atoms. The summed E-state index contributed by atoms with van der Waals surface area (Å²) in [7, 11) is 0. The lowest BCUT2D eigenvalue weighted by molar-refractivity contribution is 0.203. The monoisotopic (exact) mass is 486 g/mol. The largest absolute Gasteiger partial charge is 0.490 e. The first kappa shape index (κ1) is 23.4. The molecule has 2 atom stereocenters. The SMILES string of the molecule is CC(C)Oc1ccc(-c2ncc(-c3cccc4c3CC[C@H]4NC(=O)N3CC[C@@H](C)C3)s2)cc1C#N. The summed E-state index contributed by atoms with van der Waals surface area (Å²) in [5.74, 6) is 1.17. The van der Waals surface area contributed by atoms with Crippen LogP contribution < -0.4 is 10.1 Å². The minimum Gasteiger partial charge on any atom is -0.490 e. The van der Waals surface area contributed by atoms with E-state index in [1.165, 1.54) is 16.7 Å². The van der Waals surface area contributed by atoms with Crippen molar-refractivity contribution >= 4 is 17.4 Å². The van der Waals surface area contributed by atoms with Crippen LogP contribution in [0.1, 0.15) is 56.3 Å². The van der Waals surface area contributed by atoms with Crippen molar-refractivity contribution in [2.45, 2.75) is 52.2 Å². The van der Waals surface area contributed by atoms with Gasteiger partial charge in [0.1, 0.15) is 16.8 Å². The van der Waals surface area contributed by atoms with Crippen molar-refractivity contribution in [3.05, 3.63) is 59.3 Å². The second-order valence-corrected chi connectivity index (χ2v) is 10.8. The molecule has 35 heavy (non-hydrogen) atoms. The third-order valence-electron chi connectivity index (χ3n) is 6.76. The number of nitriles is 1. The van der Waals surface area contributed by atoms with Gasteiger partial charge in [-0.15, -0.1) is 11.3 Å². The van der Waals surface area contributed by atoms with Gasteiger partial charge in [-0.25, -0.2) is 9.78 Å². The van der Waals surface area contributed by atoms with E-state index < -0.39 is 0 Å². The van der Waals surface area contributed by atoms with Gasteiger partial charge in [-0.3, -0.25) is 0 Å². The summed E-state index contributed by atoms with van der Waals surface area (Å²) in [4.78, 5) is 20.5. The molecule has 2 aromatic carbocycles. The number of hydrogen-bond acceptors (Lipinski definition) is 5. The first-order chi connectivity index (χ1) is 16.9. The van der Waals surface area contributed by atoms with E-state index in [9.17, 15) is 10.1 Å². The van der Waals surface area contributed by atoms with Crippen molar-refractivity contribution in [2.75, 3.05) is 13.1 Å². The molecule has 180 valence electrons. The molecule has 0 saturated carbocycles. The number of nitrogens with zero attached hydrogens (tertiary/aromatic N) is 3. The molecule has 0 unspecified atom stereocenters. The fourth-order valence-electron chi connectivity index (χ4n) is 5.03. The highest BCUT2D eigenvalue weighted by atomic mass is 32.1. The summed E-state index contributed by atoms with van der Waals surface area (Å²) in [5.41, 5.74) is 5.10. The molecule has 0 radical (unpaired) electrons. The number of thiazole rings is 1. The minimum atomic E-state index is 0.00659. The Morgan fingerprint density at radius 3 is 2.89 bits per heavy atom. The van der Waals surface area contributed by atoms with E-state index in [0.29, 0.717) is 17.2 Å². The first-order valence-electron chi connectivity index (χ1n) is 12.3. The van der Waals surface area contributed by atoms with Gasteiger partial charge in [-0.1, -0.05) is 25.1 Å². The molecule has 5 rings (SSSR count). The van der Waals surface area contributed by atoms with Gasteiger partial charge in [-0.05, 0) is 73.9 Å². The van der Waals surface area contributed by atoms with Crippen LogP contribution in [0.2, 0.25) is 0 Å². The van der Waals surface area contributed by atoms with Crippen LogP contribution in [0.4, 0.5) is 4.79 Å². The Morgan fingerprint density at radius 2 is 2.14 bits per heavy atom. The van der Waals surface area contributed by atoms with Gasteiger partial charge in [0.15, 0.2) is 0 Å². The van der Waals surface area contributed by atoms with Crippen molar-refractivity contribution < 1.29 is 9.53 Å². The maximum absolute atomic E-state index is 12.8. The number of fused-ring (bicyclic) bond motifs is 1. The third-order valence-corrected chi connectivity index (χ3v) is 7.84. The number of carbonyl (C=O) groups excluding carboxylic acids is 1. The molecule has 1 aromatic heterocycles. The Kier molecular flexibility index (Phi) is 6.48. The van der Waals surface area contributed by atoms with Crippen LogP contribution >= 0.6 is 11.3 Å². The third kappa shape index (κ3) is 4.76. The molecule has 1 N–H and O–H groups in total. The van der Waals surface area contributed by atoms with Gasteiger partial charge < -0.3 is 15.0 Å². The number of urea groups is 1. The van der Waals surface area contributed by atoms with E-state index in [2.05, 4.69) is 41.5 Å². The average molecular weight is 487 g/mol. The predicted octanol–water partition coefficient (Wildman–Crippen LogP) is 6.17. The summed E-state index contributed by atoms with van der Waals surface area (Å²) in [6.07, 6.45) is 4.84. The topological polar surface area (TPSA) is 78.2 Å². The highest BCUT2D eigenvalue weighted by Gasteiger charge is 2.30. The number of nitrogens with one attached hydrogen (secondary N) is 1. The standard InChI is InChI=1S/C28H30N4O2S/c1-17(2)34-25-10-7-19(13-20(25)14-29)27-30-15-26(35-27)23-6-4-5-22-21(23)8-9-24(22)31-28(33)32-12-11-18(3)16-32/h4-7,10,13,15,17-18,24H,8-9,11-12,16H2,1-3H3,(H,31,33)/t18-,24-/m1/s1. The van der Waals surface area contributed by atoms with E-state index in [4.69, 9.17) is 4.74 Å². The van der Waals surface area contributed by atoms with E-state index in [-0.39, 0.29) is 18.2 Å². The van der Waals surface area contributed by atoms with Crippen LogP contribution in [0.25, 0.3) is 21.0 Å². The van der Waals surface area contributed by atoms with Crippen LogP contribution in [0, 0.1) is 17.2 Å². The van der Waals surface area contributed by atoms with Crippen LogP contribution in [0.15, 0.2) is 42.6 Å². The number of benzene rings is 2. The van der Waals surface area contributed by atoms with Crippen molar-refractivity contribution in [3.63, 3.8) is 0 Å². The first-order valence-corrected chi connectivity index (χ1v) is 13.1. The van der Waals surface area contributed by atoms with Crippen LogP contribution in [0.5, 0.6) is 5.75 Å². The fraction of sp³-hybridized carbons (Fsp3) is 0.393. The summed E-state index contributed by atoms with van der Waals surface area (Å²) in [5, 5.41) is 13.7. The van der Waals surface area contributed by atoms with Gasteiger partial charge in [0.25, 0.3) is 0 Å². The maximum atomic E-state index is 12.8. The molecular formula is C28H30N4O2S. The highest BCUT2D eigenvalue weighted by Crippen LogP contribution is 2.41. The maximum Gasteiger partial charge on any atom is 0.317 e. The number of rotatable bonds is 5. The van der Waals surface area contributed by atoms with Crippen molar-refractivity contribution in [3.8, 4) is 32.8 Å². The Balaban J connectivity index is 1.37. The molecule has 2 heterocycles. The molecule has 1 aliphatic carbocycles. The van der Waals surface area contributed by atoms with Gasteiger partial charge in [0, 0.05) is 24.8 Å². The lowest BCUT2D eigenvalue weighted by atomic mass is 10.0. The van der Waals surface area contributed by atoms with Gasteiger partial charge in [0.05, 0.1) is 22.6 Å². The summed E-state index contributed by atoms with van der Waals surface area (Å²) >= 11 is 1.62. The number of ether oxygens (including phenoxy) is 1. The summed E-state index contributed by atoms with van der Waals surface area (Å²) < 4.78 is 5.75. The number of carbonyl (C=O) groups is 1. The Labute approximate surface area is 210 Å². The number of aromatic nitrogens is 1. The van der Waals surface area contributed by atoms with Crippen LogP contribution in [-0.4, -0.2) is 35.1 Å². The second kappa shape index (κ2) is 9.71. The lowest BCUT2D eigenvalue weighted by Gasteiger charge is -2.21. The number of hydrogen-bond donors (Lipinski definition) is 1. The molecule has 2 amide bonds. The van der Waals surface area contributed by atoms with Crippen molar-refractivity contribution in [2.24, 2.45) is 5.92 Å². The molecule has 7 heteroatoms. The molecule has 0 bridgehead atoms. The zero-order valence-electron chi connectivity index (χ0n) is 20.4. The molecule has 6 nitrogen and oxygen atoms in total. The Bertz CT molecular complexity index is 1290. The molecule has 1 fully saturated rings. The molecular weight excluding hydrogens is 456 g/mol. The number of likely N-dealkylation sites (tertiary alicyclic amines) is 1. The zero-order valence-corrected chi connectivity index (χ0v) is 21.2. The normalized spacial score (nSPS) is 19.0. The van der Waals surface area contributed by atoms with Gasteiger partial charge in [-0.2, -0.15) is 5.26 Å². The molecule has 2 aliphatic rings. The molecule has 1 saturated heterocycles. The Hall–Kier alpha value is -3.37. The molecule has 3 aromatic rings. The second-order valence-electron chi connectivity index (χ2n) is 9.77. The van der Waals surface area contributed by atoms with E-state index in [0.717, 1.165) is 47.8 Å². The Morgan fingerprint density at radius 1 is 1.29 bits per heavy atom. The van der Waals surface area contributed by atoms with Crippen LogP contribution in [-0.2, 0) is 6.42 Å². The highest BCUT2D eigenvalue weighted by molar-refractivity contribution is 7.18. The fourth-order valence-corrected chi connectivity index (χ4v) is 6.00. The average Bonchev–Trinajstić information content (AvgIpc) is 3.59. The molecule has 1 aliphatic heterocycles. The smallest absolute Gasteiger partial charge is 0.317 e. The zero-order chi connectivity index (χ0) is 24.5. The van der Waals surface area contributed by atoms with Crippen molar-refractivity contribution in [1.29, 1.82) is 5.26 Å². The summed E-state index contributed by atoms with van der Waals surface area (Å²) in [6, 6.07) is 14.3. The van der Waals surface area contributed by atoms with E-state index in [1.54, 1.807) is 11.3 Å². The van der Waals surface area contributed by atoms with Crippen molar-refractivity contribution in [1.82, 2.24) is 15.2 Å². The predicted molar refractivity (Wildman–Crippen MR) is 138 cm³/mol. The van der Waals surface area contributed by atoms with Crippen LogP contribution in [0.3, 0.4) is 0 Å². The van der Waals surface area contributed by atoms with E-state index in [1.807, 2.05) is 43.1 Å². The minimum absolute atomic E-state index is 0.00659. The van der Waals surface area contributed by atoms with Gasteiger partial charge >= 0.3 is 6.03 Å². The lowest BCUT2D eigenvalue weighted by Crippen LogP contribution is -2.39. The number of amides is 2. The summed E-state index contributed by atoms with van der Waals surface area (Å²) in [6.45, 7) is 7.77. The van der Waals surface area contributed by atoms with E-state index >= 15 is 0 Å².